The first-order chi connectivity index (χ1) is 16.2. The number of nitrogen functional groups attached to an aromatic ring is 1. The van der Waals surface area contributed by atoms with Gasteiger partial charge in [-0.3, -0.25) is 9.69 Å². The molecule has 1 saturated heterocycles. The molecule has 3 aromatic rings. The normalized spacial score (nSPS) is 16.7. The van der Waals surface area contributed by atoms with Crippen molar-refractivity contribution < 1.29 is 4.79 Å². The predicted octanol–water partition coefficient (Wildman–Crippen LogP) is 3.95. The van der Waals surface area contributed by atoms with Gasteiger partial charge in [-0.1, -0.05) is 24.3 Å². The Morgan fingerprint density at radius 3 is 2.82 bits per heavy atom. The van der Waals surface area contributed by atoms with Crippen LogP contribution in [-0.4, -0.2) is 72.3 Å². The molecule has 0 radical (unpaired) electrons. The third kappa shape index (κ3) is 4.56. The van der Waals surface area contributed by atoms with Gasteiger partial charge in [0.25, 0.3) is 5.91 Å². The number of benzene rings is 1. The number of anilines is 2. The molecule has 0 saturated carbocycles. The molecule has 0 spiro atoms. The van der Waals surface area contributed by atoms with Crippen LogP contribution in [0.3, 0.4) is 0 Å². The van der Waals surface area contributed by atoms with Gasteiger partial charge in [0, 0.05) is 68.0 Å². The second-order valence-corrected chi connectivity index (χ2v) is 10.9. The molecule has 2 aliphatic heterocycles. The van der Waals surface area contributed by atoms with Crippen molar-refractivity contribution >= 4 is 50.6 Å². The van der Waals surface area contributed by atoms with E-state index in [4.69, 9.17) is 5.73 Å². The summed E-state index contributed by atoms with van der Waals surface area (Å²) in [6.45, 7) is 8.24. The molecule has 174 valence electrons. The zero-order valence-electron chi connectivity index (χ0n) is 19.1. The number of nitrogens with two attached hydrogens (primary N) is 1. The molecule has 1 fully saturated rings. The van der Waals surface area contributed by atoms with Gasteiger partial charge < -0.3 is 15.5 Å². The van der Waals surface area contributed by atoms with E-state index in [1.165, 1.54) is 21.2 Å². The molecule has 8 heteroatoms. The van der Waals surface area contributed by atoms with Crippen LogP contribution in [0.4, 0.5) is 10.8 Å². The first kappa shape index (κ1) is 22.5. The van der Waals surface area contributed by atoms with Crippen molar-refractivity contribution in [3.63, 3.8) is 0 Å². The van der Waals surface area contributed by atoms with Crippen LogP contribution in [0.5, 0.6) is 0 Å². The van der Waals surface area contributed by atoms with E-state index in [0.717, 1.165) is 68.6 Å². The third-order valence-electron chi connectivity index (χ3n) is 6.74. The predicted molar refractivity (Wildman–Crippen MR) is 141 cm³/mol. The highest BCUT2D eigenvalue weighted by Gasteiger charge is 2.28. The van der Waals surface area contributed by atoms with Crippen molar-refractivity contribution in [2.45, 2.75) is 19.1 Å². The minimum atomic E-state index is 0.109. The maximum Gasteiger partial charge on any atom is 0.257 e. The van der Waals surface area contributed by atoms with E-state index in [0.29, 0.717) is 11.5 Å². The Balaban J connectivity index is 1.20. The number of aromatic nitrogens is 1. The van der Waals surface area contributed by atoms with Crippen molar-refractivity contribution in [3.8, 4) is 0 Å². The van der Waals surface area contributed by atoms with Crippen LogP contribution in [0.25, 0.3) is 10.8 Å². The Morgan fingerprint density at radius 2 is 2.00 bits per heavy atom. The van der Waals surface area contributed by atoms with Crippen molar-refractivity contribution in [2.24, 2.45) is 0 Å². The zero-order chi connectivity index (χ0) is 22.8. The summed E-state index contributed by atoms with van der Waals surface area (Å²) in [7, 11) is 0. The Hall–Kier alpha value is -2.29. The fourth-order valence-corrected chi connectivity index (χ4v) is 7.09. The summed E-state index contributed by atoms with van der Waals surface area (Å²) in [6, 6.07) is 10.5. The molecule has 0 bridgehead atoms. The van der Waals surface area contributed by atoms with E-state index in [2.05, 4.69) is 52.0 Å². The molecular weight excluding hydrogens is 450 g/mol. The van der Waals surface area contributed by atoms with Gasteiger partial charge in [-0.05, 0) is 36.1 Å². The van der Waals surface area contributed by atoms with E-state index in [9.17, 15) is 4.79 Å². The highest BCUT2D eigenvalue weighted by atomic mass is 32.2. The quantitative estimate of drug-likeness (QED) is 0.575. The highest BCUT2D eigenvalue weighted by Crippen LogP contribution is 2.38. The van der Waals surface area contributed by atoms with Crippen LogP contribution in [0.15, 0.2) is 36.5 Å². The molecule has 33 heavy (non-hydrogen) atoms. The van der Waals surface area contributed by atoms with Crippen molar-refractivity contribution in [1.82, 2.24) is 14.8 Å². The van der Waals surface area contributed by atoms with Gasteiger partial charge >= 0.3 is 0 Å². The fourth-order valence-electron chi connectivity index (χ4n) is 4.85. The number of carbonyl (C=O) groups excluding carboxylic acids is 1. The molecule has 2 N–H and O–H groups in total. The first-order valence-corrected chi connectivity index (χ1v) is 13.7. The van der Waals surface area contributed by atoms with E-state index >= 15 is 0 Å². The lowest BCUT2D eigenvalue weighted by atomic mass is 10.1. The van der Waals surface area contributed by atoms with Gasteiger partial charge in [0.15, 0.2) is 0 Å². The molecule has 2 aliphatic rings. The number of piperazine rings is 1. The molecule has 0 atom stereocenters. The number of fused-ring (bicyclic) bond motifs is 2. The molecule has 1 amide bonds. The number of rotatable bonds is 6. The topological polar surface area (TPSA) is 65.7 Å². The maximum atomic E-state index is 13.4. The molecule has 2 aromatic heterocycles. The summed E-state index contributed by atoms with van der Waals surface area (Å²) < 4.78 is 0. The largest absolute Gasteiger partial charge is 0.390 e. The van der Waals surface area contributed by atoms with Gasteiger partial charge in [0.2, 0.25) is 0 Å². The Bertz CT molecular complexity index is 1130. The van der Waals surface area contributed by atoms with Gasteiger partial charge in [-0.2, -0.15) is 11.8 Å². The molecule has 5 rings (SSSR count). The SMILES string of the molecule is CCN(CCN1CCN(c2nccc3ccccc23)CC1)C(=O)c1c(N)sc2c1CCSC2. The van der Waals surface area contributed by atoms with Gasteiger partial charge in [0.05, 0.1) is 10.6 Å². The third-order valence-corrected chi connectivity index (χ3v) is 8.97. The molecule has 1 aromatic carbocycles. The summed E-state index contributed by atoms with van der Waals surface area (Å²) in [4.78, 5) is 26.2. The molecule has 0 aliphatic carbocycles. The second-order valence-electron chi connectivity index (χ2n) is 8.61. The minimum Gasteiger partial charge on any atom is -0.390 e. The maximum absolute atomic E-state index is 13.4. The van der Waals surface area contributed by atoms with Crippen LogP contribution in [-0.2, 0) is 12.2 Å². The van der Waals surface area contributed by atoms with E-state index in [1.807, 2.05) is 22.9 Å². The number of hydrogen-bond donors (Lipinski definition) is 1. The monoisotopic (exact) mass is 481 g/mol. The number of likely N-dealkylation sites (N-methyl/N-ethyl adjacent to an activating group) is 1. The van der Waals surface area contributed by atoms with Crippen molar-refractivity contribution in [1.29, 1.82) is 0 Å². The molecule has 0 unspecified atom stereocenters. The van der Waals surface area contributed by atoms with Crippen molar-refractivity contribution in [3.05, 3.63) is 52.5 Å². The summed E-state index contributed by atoms with van der Waals surface area (Å²) in [5, 5.41) is 3.14. The van der Waals surface area contributed by atoms with E-state index in [1.54, 1.807) is 11.3 Å². The Kier molecular flexibility index (Phi) is 6.76. The van der Waals surface area contributed by atoms with Crippen LogP contribution >= 0.6 is 23.1 Å². The average Bonchev–Trinajstić information content (AvgIpc) is 3.20. The Labute approximate surface area is 203 Å². The summed E-state index contributed by atoms with van der Waals surface area (Å²) in [5.41, 5.74) is 8.29. The molecular formula is C25H31N5OS2. The van der Waals surface area contributed by atoms with Crippen LogP contribution < -0.4 is 10.6 Å². The fraction of sp³-hybridized carbons (Fsp3) is 0.440. The lowest BCUT2D eigenvalue weighted by Gasteiger charge is -2.36. The standard InChI is InChI=1S/C25H31N5OS2/c1-2-29(25(31)22-20-8-16-32-17-21(20)33-23(22)26)13-10-28-11-14-30(15-12-28)24-19-6-4-3-5-18(19)7-9-27-24/h3-7,9H,2,8,10-17,26H2,1H3. The number of carbonyl (C=O) groups is 1. The minimum absolute atomic E-state index is 0.109. The van der Waals surface area contributed by atoms with Crippen LogP contribution in [0, 0.1) is 0 Å². The number of pyridine rings is 1. The lowest BCUT2D eigenvalue weighted by Crippen LogP contribution is -2.49. The lowest BCUT2D eigenvalue weighted by molar-refractivity contribution is 0.0743. The number of hydrogen-bond acceptors (Lipinski definition) is 7. The number of amides is 1. The summed E-state index contributed by atoms with van der Waals surface area (Å²) in [6.07, 6.45) is 2.86. The van der Waals surface area contributed by atoms with Crippen molar-refractivity contribution in [2.75, 3.05) is 62.2 Å². The summed E-state index contributed by atoms with van der Waals surface area (Å²) in [5.74, 6) is 3.25. The van der Waals surface area contributed by atoms with Gasteiger partial charge in [-0.15, -0.1) is 11.3 Å². The molecule has 6 nitrogen and oxygen atoms in total. The second kappa shape index (κ2) is 9.91. The van der Waals surface area contributed by atoms with E-state index < -0.39 is 0 Å². The van der Waals surface area contributed by atoms with E-state index in [-0.39, 0.29) is 5.91 Å². The number of nitrogens with zero attached hydrogens (tertiary/aromatic N) is 4. The highest BCUT2D eigenvalue weighted by molar-refractivity contribution is 7.98. The van der Waals surface area contributed by atoms with Gasteiger partial charge in [0.1, 0.15) is 5.82 Å². The number of thioether (sulfide) groups is 1. The first-order valence-electron chi connectivity index (χ1n) is 11.7. The smallest absolute Gasteiger partial charge is 0.257 e. The van der Waals surface area contributed by atoms with Crippen LogP contribution in [0.2, 0.25) is 0 Å². The van der Waals surface area contributed by atoms with Crippen LogP contribution in [0.1, 0.15) is 27.7 Å². The summed E-state index contributed by atoms with van der Waals surface area (Å²) >= 11 is 3.53. The average molecular weight is 482 g/mol. The van der Waals surface area contributed by atoms with Gasteiger partial charge in [-0.25, -0.2) is 4.98 Å². The Morgan fingerprint density at radius 1 is 1.18 bits per heavy atom. The molecule has 4 heterocycles. The zero-order valence-corrected chi connectivity index (χ0v) is 20.8. The number of thiophene rings is 1.